The maximum Gasteiger partial charge on any atom is 0.283 e. The molecule has 0 bridgehead atoms. The van der Waals surface area contributed by atoms with Crippen LogP contribution in [0.25, 0.3) is 10.9 Å². The largest absolute Gasteiger partial charge is 0.497 e. The lowest BCUT2D eigenvalue weighted by atomic mass is 10.2. The number of nitrogens with two attached hydrogens (primary N) is 1. The van der Waals surface area contributed by atoms with Gasteiger partial charge < -0.3 is 15.9 Å². The third-order valence-electron chi connectivity index (χ3n) is 3.29. The number of hydrogen-bond donors (Lipinski definition) is 1. The van der Waals surface area contributed by atoms with Gasteiger partial charge in [-0.2, -0.15) is 9.78 Å². The fourth-order valence-electron chi connectivity index (χ4n) is 2.18. The van der Waals surface area contributed by atoms with E-state index in [0.29, 0.717) is 16.7 Å². The van der Waals surface area contributed by atoms with E-state index in [4.69, 9.17) is 33.7 Å². The summed E-state index contributed by atoms with van der Waals surface area (Å²) in [5, 5.41) is 5.36. The first kappa shape index (κ1) is 17.1. The van der Waals surface area contributed by atoms with Gasteiger partial charge in [0.2, 0.25) is 0 Å². The number of carbonyl (C=O) groups excluding carboxylic acids is 1. The van der Waals surface area contributed by atoms with Crippen molar-refractivity contribution in [1.82, 2.24) is 9.78 Å². The van der Waals surface area contributed by atoms with Gasteiger partial charge in [0, 0.05) is 11.5 Å². The van der Waals surface area contributed by atoms with Crippen LogP contribution in [0.5, 0.6) is 5.75 Å². The molecule has 120 valence electrons. The van der Waals surface area contributed by atoms with Crippen LogP contribution in [-0.2, 0) is 0 Å². The molecule has 0 aliphatic heterocycles. The van der Waals surface area contributed by atoms with E-state index in [1.54, 1.807) is 43.5 Å². The Morgan fingerprint density at radius 3 is 2.48 bits per heavy atom. The molecule has 23 heavy (non-hydrogen) atoms. The zero-order valence-electron chi connectivity index (χ0n) is 12.0. The van der Waals surface area contributed by atoms with Gasteiger partial charge in [-0.3, -0.25) is 4.79 Å². The van der Waals surface area contributed by atoms with Gasteiger partial charge in [0.05, 0.1) is 28.2 Å². The van der Waals surface area contributed by atoms with Gasteiger partial charge in [-0.1, -0.05) is 29.3 Å². The first-order valence-electron chi connectivity index (χ1n) is 6.34. The average Bonchev–Trinajstić information content (AvgIpc) is 2.83. The number of ether oxygens (including phenoxy) is 1. The molecule has 8 heteroatoms. The molecule has 0 aliphatic carbocycles. The van der Waals surface area contributed by atoms with Crippen molar-refractivity contribution >= 4 is 45.8 Å². The van der Waals surface area contributed by atoms with Crippen molar-refractivity contribution in [2.24, 2.45) is 0 Å². The predicted octanol–water partition coefficient (Wildman–Crippen LogP) is 2.80. The van der Waals surface area contributed by atoms with E-state index in [-0.39, 0.29) is 26.9 Å². The van der Waals surface area contributed by atoms with Crippen LogP contribution in [0.3, 0.4) is 0 Å². The molecule has 0 radical (unpaired) electrons. The minimum atomic E-state index is -0.483. The quantitative estimate of drug-likeness (QED) is 0.764. The Balaban J connectivity index is 0.00000192. The predicted molar refractivity (Wildman–Crippen MR) is 90.5 cm³/mol. The summed E-state index contributed by atoms with van der Waals surface area (Å²) in [6.45, 7) is 0. The van der Waals surface area contributed by atoms with Crippen LogP contribution in [0.2, 0.25) is 10.0 Å². The molecule has 0 aliphatic rings. The second-order valence-electron chi connectivity index (χ2n) is 4.58. The molecule has 0 saturated heterocycles. The second-order valence-corrected chi connectivity index (χ2v) is 5.40. The average molecular weight is 354 g/mol. The number of fused-ring (bicyclic) bond motifs is 1. The molecule has 3 aromatic rings. The maximum atomic E-state index is 12.7. The van der Waals surface area contributed by atoms with Crippen molar-refractivity contribution < 1.29 is 15.0 Å². The summed E-state index contributed by atoms with van der Waals surface area (Å²) in [5.74, 6) is 0.363. The zero-order valence-corrected chi connectivity index (χ0v) is 13.5. The Hall–Kier alpha value is -2.28. The summed E-state index contributed by atoms with van der Waals surface area (Å²) in [6.07, 6.45) is 0. The number of methoxy groups -OCH3 is 1. The summed E-state index contributed by atoms with van der Waals surface area (Å²) in [6, 6.07) is 10.0. The highest BCUT2D eigenvalue weighted by Gasteiger charge is 2.21. The summed E-state index contributed by atoms with van der Waals surface area (Å²) in [7, 11) is 1.55. The lowest BCUT2D eigenvalue weighted by molar-refractivity contribution is 0.0949. The lowest BCUT2D eigenvalue weighted by Crippen LogP contribution is -2.17. The molecule has 2 aromatic carbocycles. The maximum absolute atomic E-state index is 12.7. The number of nitrogens with zero attached hydrogens (tertiary/aromatic N) is 2. The van der Waals surface area contributed by atoms with Gasteiger partial charge in [0.1, 0.15) is 11.6 Å². The minimum Gasteiger partial charge on any atom is -0.497 e. The first-order valence-corrected chi connectivity index (χ1v) is 7.09. The monoisotopic (exact) mass is 353 g/mol. The van der Waals surface area contributed by atoms with Crippen LogP contribution < -0.4 is 10.5 Å². The Bertz CT molecular complexity index is 873. The lowest BCUT2D eigenvalue weighted by Gasteiger charge is -2.06. The van der Waals surface area contributed by atoms with Crippen molar-refractivity contribution in [1.29, 1.82) is 0 Å². The molecule has 0 fully saturated rings. The summed E-state index contributed by atoms with van der Waals surface area (Å²) < 4.78 is 6.23. The van der Waals surface area contributed by atoms with E-state index in [1.807, 2.05) is 0 Å². The highest BCUT2D eigenvalue weighted by atomic mass is 35.5. The first-order chi connectivity index (χ1) is 10.5. The summed E-state index contributed by atoms with van der Waals surface area (Å²) >= 11 is 12.1. The normalized spacial score (nSPS) is 10.4. The molecule has 1 aromatic heterocycles. The van der Waals surface area contributed by atoms with E-state index in [2.05, 4.69) is 5.10 Å². The molecule has 0 spiro atoms. The van der Waals surface area contributed by atoms with E-state index < -0.39 is 5.91 Å². The van der Waals surface area contributed by atoms with Crippen LogP contribution in [-0.4, -0.2) is 28.3 Å². The summed E-state index contributed by atoms with van der Waals surface area (Å²) in [5.41, 5.74) is 6.74. The topological polar surface area (TPSA) is 102 Å². The molecule has 6 nitrogen and oxygen atoms in total. The number of rotatable bonds is 2. The number of nitrogen functional groups attached to an aromatic ring is 1. The van der Waals surface area contributed by atoms with Crippen LogP contribution >= 0.6 is 23.2 Å². The zero-order chi connectivity index (χ0) is 15.9. The van der Waals surface area contributed by atoms with Crippen LogP contribution in [0.15, 0.2) is 36.4 Å². The highest BCUT2D eigenvalue weighted by molar-refractivity contribution is 6.39. The van der Waals surface area contributed by atoms with Gasteiger partial charge in [-0.25, -0.2) is 0 Å². The molecule has 0 atom stereocenters. The van der Waals surface area contributed by atoms with E-state index in [9.17, 15) is 4.79 Å². The molecular formula is C15H13Cl2N3O3. The Morgan fingerprint density at radius 2 is 1.87 bits per heavy atom. The highest BCUT2D eigenvalue weighted by Crippen LogP contribution is 2.29. The van der Waals surface area contributed by atoms with Gasteiger partial charge in [0.25, 0.3) is 5.91 Å². The third-order valence-corrected chi connectivity index (χ3v) is 3.92. The Labute approximate surface area is 141 Å². The van der Waals surface area contributed by atoms with Gasteiger partial charge in [-0.05, 0) is 24.3 Å². The van der Waals surface area contributed by atoms with Gasteiger partial charge in [-0.15, -0.1) is 0 Å². The smallest absolute Gasteiger partial charge is 0.283 e. The molecule has 1 heterocycles. The van der Waals surface area contributed by atoms with Crippen molar-refractivity contribution in [3.63, 3.8) is 0 Å². The Morgan fingerprint density at radius 1 is 1.22 bits per heavy atom. The van der Waals surface area contributed by atoms with Gasteiger partial charge >= 0.3 is 0 Å². The van der Waals surface area contributed by atoms with Crippen molar-refractivity contribution in [3.8, 4) is 5.75 Å². The van der Waals surface area contributed by atoms with E-state index in [0.717, 1.165) is 4.68 Å². The molecule has 0 amide bonds. The number of aromatic nitrogens is 2. The molecule has 3 rings (SSSR count). The molecule has 0 unspecified atom stereocenters. The fourth-order valence-corrected chi connectivity index (χ4v) is 2.74. The molecule has 0 saturated carbocycles. The number of carbonyl (C=O) groups is 1. The van der Waals surface area contributed by atoms with Gasteiger partial charge in [0.15, 0.2) is 0 Å². The number of anilines is 1. The standard InChI is InChI=1S/C15H11Cl2N3O2.H2O/c1-22-8-5-6-9-12(7-8)19-20(14(9)18)15(21)13-10(16)3-2-4-11(13)17;/h2-7H,18H2,1H3;1H2. The van der Waals surface area contributed by atoms with Crippen LogP contribution in [0.1, 0.15) is 10.4 Å². The van der Waals surface area contributed by atoms with Crippen molar-refractivity contribution in [3.05, 3.63) is 52.0 Å². The molecular weight excluding hydrogens is 341 g/mol. The van der Waals surface area contributed by atoms with Crippen molar-refractivity contribution in [2.45, 2.75) is 0 Å². The Kier molecular flexibility index (Phi) is 4.79. The third kappa shape index (κ3) is 2.84. The number of hydrogen-bond acceptors (Lipinski definition) is 4. The van der Waals surface area contributed by atoms with Crippen LogP contribution in [0.4, 0.5) is 5.82 Å². The number of halogens is 2. The van der Waals surface area contributed by atoms with E-state index >= 15 is 0 Å². The number of benzene rings is 2. The molecule has 4 N–H and O–H groups in total. The summed E-state index contributed by atoms with van der Waals surface area (Å²) in [4.78, 5) is 12.7. The minimum absolute atomic E-state index is 0. The second kappa shape index (κ2) is 6.45. The SMILES string of the molecule is COc1ccc2c(N)n(C(=O)c3c(Cl)cccc3Cl)nc2c1.O. The van der Waals surface area contributed by atoms with Crippen molar-refractivity contribution in [2.75, 3.05) is 12.8 Å². The fraction of sp³-hybridized carbons (Fsp3) is 0.0667. The van der Waals surface area contributed by atoms with E-state index in [1.165, 1.54) is 0 Å². The van der Waals surface area contributed by atoms with Crippen LogP contribution in [0, 0.1) is 0 Å².